The molecular weight excluding hydrogens is 206 g/mol. The molecule has 0 bridgehead atoms. The SMILES string of the molecule is CCOC(=O)C1(NC(=O)C2CCCC2)CC1. The first kappa shape index (κ1) is 11.4. The predicted molar refractivity (Wildman–Crippen MR) is 58.7 cm³/mol. The van der Waals surface area contributed by atoms with Gasteiger partial charge < -0.3 is 10.1 Å². The van der Waals surface area contributed by atoms with E-state index in [2.05, 4.69) is 5.32 Å². The smallest absolute Gasteiger partial charge is 0.331 e. The second kappa shape index (κ2) is 4.44. The Balaban J connectivity index is 1.88. The fourth-order valence-corrected chi connectivity index (χ4v) is 2.30. The first-order chi connectivity index (χ1) is 7.68. The van der Waals surface area contributed by atoms with Crippen LogP contribution in [0.4, 0.5) is 0 Å². The third kappa shape index (κ3) is 2.20. The van der Waals surface area contributed by atoms with Gasteiger partial charge in [0.25, 0.3) is 0 Å². The van der Waals surface area contributed by atoms with Gasteiger partial charge in [-0.1, -0.05) is 12.8 Å². The first-order valence-corrected chi connectivity index (χ1v) is 6.17. The minimum Gasteiger partial charge on any atom is -0.464 e. The lowest BCUT2D eigenvalue weighted by Gasteiger charge is -2.18. The Labute approximate surface area is 95.7 Å². The van der Waals surface area contributed by atoms with Crippen LogP contribution in [0.25, 0.3) is 0 Å². The van der Waals surface area contributed by atoms with Crippen LogP contribution in [0.15, 0.2) is 0 Å². The Morgan fingerprint density at radius 3 is 2.44 bits per heavy atom. The average molecular weight is 225 g/mol. The Morgan fingerprint density at radius 2 is 1.94 bits per heavy atom. The van der Waals surface area contributed by atoms with Gasteiger partial charge in [0.2, 0.25) is 5.91 Å². The van der Waals surface area contributed by atoms with E-state index < -0.39 is 5.54 Å². The fraction of sp³-hybridized carbons (Fsp3) is 0.833. The van der Waals surface area contributed by atoms with Crippen LogP contribution in [0.2, 0.25) is 0 Å². The molecule has 4 heteroatoms. The van der Waals surface area contributed by atoms with Crippen molar-refractivity contribution in [1.29, 1.82) is 0 Å². The van der Waals surface area contributed by atoms with Crippen molar-refractivity contribution < 1.29 is 14.3 Å². The third-order valence-electron chi connectivity index (χ3n) is 3.50. The van der Waals surface area contributed by atoms with Gasteiger partial charge in [-0.15, -0.1) is 0 Å². The third-order valence-corrected chi connectivity index (χ3v) is 3.50. The number of nitrogens with one attached hydrogen (secondary N) is 1. The molecule has 0 aliphatic heterocycles. The van der Waals surface area contributed by atoms with E-state index in [0.717, 1.165) is 38.5 Å². The van der Waals surface area contributed by atoms with Crippen LogP contribution in [-0.2, 0) is 14.3 Å². The van der Waals surface area contributed by atoms with Crippen molar-refractivity contribution in [3.8, 4) is 0 Å². The van der Waals surface area contributed by atoms with Crippen LogP contribution < -0.4 is 5.32 Å². The predicted octanol–water partition coefficient (Wildman–Crippen LogP) is 1.39. The van der Waals surface area contributed by atoms with Crippen molar-refractivity contribution in [2.24, 2.45) is 5.92 Å². The van der Waals surface area contributed by atoms with Gasteiger partial charge >= 0.3 is 5.97 Å². The molecule has 0 spiro atoms. The summed E-state index contributed by atoms with van der Waals surface area (Å²) in [6, 6.07) is 0. The maximum absolute atomic E-state index is 11.9. The van der Waals surface area contributed by atoms with Gasteiger partial charge in [-0.25, -0.2) is 4.79 Å². The summed E-state index contributed by atoms with van der Waals surface area (Å²) in [5.41, 5.74) is -0.671. The molecule has 90 valence electrons. The van der Waals surface area contributed by atoms with Crippen molar-refractivity contribution in [2.75, 3.05) is 6.61 Å². The lowest BCUT2D eigenvalue weighted by atomic mass is 10.1. The van der Waals surface area contributed by atoms with Gasteiger partial charge in [-0.2, -0.15) is 0 Å². The van der Waals surface area contributed by atoms with Crippen LogP contribution in [0.1, 0.15) is 45.4 Å². The highest BCUT2D eigenvalue weighted by atomic mass is 16.5. The molecule has 0 saturated heterocycles. The fourth-order valence-electron chi connectivity index (χ4n) is 2.30. The number of esters is 1. The summed E-state index contributed by atoms with van der Waals surface area (Å²) in [6.45, 7) is 2.16. The highest BCUT2D eigenvalue weighted by molar-refractivity contribution is 5.91. The minimum atomic E-state index is -0.671. The van der Waals surface area contributed by atoms with Gasteiger partial charge in [0.1, 0.15) is 5.54 Å². The molecule has 16 heavy (non-hydrogen) atoms. The zero-order valence-corrected chi connectivity index (χ0v) is 9.75. The minimum absolute atomic E-state index is 0.0445. The summed E-state index contributed by atoms with van der Waals surface area (Å²) in [7, 11) is 0. The maximum Gasteiger partial charge on any atom is 0.331 e. The van der Waals surface area contributed by atoms with E-state index in [4.69, 9.17) is 4.74 Å². The number of amides is 1. The van der Waals surface area contributed by atoms with Crippen LogP contribution >= 0.6 is 0 Å². The summed E-state index contributed by atoms with van der Waals surface area (Å²) in [4.78, 5) is 23.5. The van der Waals surface area contributed by atoms with Crippen molar-refractivity contribution in [1.82, 2.24) is 5.32 Å². The Morgan fingerprint density at radius 1 is 1.31 bits per heavy atom. The Kier molecular flexibility index (Phi) is 3.17. The molecule has 0 aromatic rings. The van der Waals surface area contributed by atoms with E-state index in [9.17, 15) is 9.59 Å². The van der Waals surface area contributed by atoms with Crippen LogP contribution in [0.5, 0.6) is 0 Å². The maximum atomic E-state index is 11.9. The second-order valence-electron chi connectivity index (χ2n) is 4.77. The first-order valence-electron chi connectivity index (χ1n) is 6.17. The molecule has 0 aromatic carbocycles. The van der Waals surface area contributed by atoms with E-state index in [-0.39, 0.29) is 17.8 Å². The van der Waals surface area contributed by atoms with E-state index in [1.54, 1.807) is 6.92 Å². The molecule has 2 saturated carbocycles. The monoisotopic (exact) mass is 225 g/mol. The van der Waals surface area contributed by atoms with Gasteiger partial charge in [0.15, 0.2) is 0 Å². The van der Waals surface area contributed by atoms with Crippen LogP contribution in [-0.4, -0.2) is 24.0 Å². The lowest BCUT2D eigenvalue weighted by Crippen LogP contribution is -2.46. The van der Waals surface area contributed by atoms with Gasteiger partial charge in [0.05, 0.1) is 6.61 Å². The van der Waals surface area contributed by atoms with Crippen molar-refractivity contribution in [3.63, 3.8) is 0 Å². The van der Waals surface area contributed by atoms with E-state index in [0.29, 0.717) is 6.61 Å². The Bertz CT molecular complexity index is 291. The molecule has 0 radical (unpaired) electrons. The van der Waals surface area contributed by atoms with Gasteiger partial charge in [-0.05, 0) is 32.6 Å². The number of rotatable bonds is 4. The molecule has 4 nitrogen and oxygen atoms in total. The van der Waals surface area contributed by atoms with Gasteiger partial charge in [-0.3, -0.25) is 4.79 Å². The molecule has 0 atom stereocenters. The molecule has 1 amide bonds. The lowest BCUT2D eigenvalue weighted by molar-refractivity contribution is -0.149. The molecular formula is C12H19NO3. The molecule has 2 aliphatic carbocycles. The van der Waals surface area contributed by atoms with E-state index in [1.807, 2.05) is 0 Å². The second-order valence-corrected chi connectivity index (χ2v) is 4.77. The molecule has 2 rings (SSSR count). The number of carbonyl (C=O) groups excluding carboxylic acids is 2. The number of carbonyl (C=O) groups is 2. The van der Waals surface area contributed by atoms with Crippen molar-refractivity contribution in [2.45, 2.75) is 51.0 Å². The molecule has 0 unspecified atom stereocenters. The standard InChI is InChI=1S/C12H19NO3/c1-2-16-11(15)12(7-8-12)13-10(14)9-5-3-4-6-9/h9H,2-8H2,1H3,(H,13,14). The Hall–Kier alpha value is -1.06. The van der Waals surface area contributed by atoms with Crippen molar-refractivity contribution >= 4 is 11.9 Å². The number of hydrogen-bond acceptors (Lipinski definition) is 3. The number of ether oxygens (including phenoxy) is 1. The summed E-state index contributed by atoms with van der Waals surface area (Å²) in [6.07, 6.45) is 5.64. The van der Waals surface area contributed by atoms with Gasteiger partial charge in [0, 0.05) is 5.92 Å². The highest BCUT2D eigenvalue weighted by Crippen LogP contribution is 2.37. The molecule has 0 aromatic heterocycles. The van der Waals surface area contributed by atoms with E-state index >= 15 is 0 Å². The summed E-state index contributed by atoms with van der Waals surface area (Å²) >= 11 is 0. The largest absolute Gasteiger partial charge is 0.464 e. The summed E-state index contributed by atoms with van der Waals surface area (Å²) in [5.74, 6) is -0.101. The van der Waals surface area contributed by atoms with Crippen LogP contribution in [0, 0.1) is 5.92 Å². The molecule has 2 aliphatic rings. The topological polar surface area (TPSA) is 55.4 Å². The summed E-state index contributed by atoms with van der Waals surface area (Å²) in [5, 5.41) is 2.88. The molecule has 0 heterocycles. The summed E-state index contributed by atoms with van der Waals surface area (Å²) < 4.78 is 4.98. The number of hydrogen-bond donors (Lipinski definition) is 1. The zero-order chi connectivity index (χ0) is 11.6. The zero-order valence-electron chi connectivity index (χ0n) is 9.75. The van der Waals surface area contributed by atoms with E-state index in [1.165, 1.54) is 0 Å². The normalized spacial score (nSPS) is 22.8. The van der Waals surface area contributed by atoms with Crippen LogP contribution in [0.3, 0.4) is 0 Å². The highest BCUT2D eigenvalue weighted by Gasteiger charge is 2.53. The van der Waals surface area contributed by atoms with Crippen molar-refractivity contribution in [3.05, 3.63) is 0 Å². The quantitative estimate of drug-likeness (QED) is 0.735. The average Bonchev–Trinajstić information content (AvgIpc) is 2.83. The molecule has 1 N–H and O–H groups in total. The molecule has 2 fully saturated rings.